The Kier molecular flexibility index (Phi) is 5.08. The second-order valence-corrected chi connectivity index (χ2v) is 6.84. The van der Waals surface area contributed by atoms with Gasteiger partial charge in [0, 0.05) is 16.5 Å². The minimum Gasteiger partial charge on any atom is -0.361 e. The lowest BCUT2D eigenvalue weighted by atomic mass is 10.2. The van der Waals surface area contributed by atoms with E-state index in [9.17, 15) is 9.18 Å². The molecular formula is C17H16ClFN2OS. The number of anilines is 2. The molecule has 0 spiro atoms. The molecule has 3 nitrogen and oxygen atoms in total. The highest BCUT2D eigenvalue weighted by molar-refractivity contribution is 7.99. The van der Waals surface area contributed by atoms with Gasteiger partial charge in [0.05, 0.1) is 17.9 Å². The van der Waals surface area contributed by atoms with E-state index in [1.807, 2.05) is 23.1 Å². The van der Waals surface area contributed by atoms with Gasteiger partial charge in [-0.05, 0) is 42.5 Å². The van der Waals surface area contributed by atoms with Crippen LogP contribution in [0.15, 0.2) is 47.4 Å². The molecular weight excluding hydrogens is 335 g/mol. The molecule has 0 aromatic heterocycles. The Morgan fingerprint density at radius 3 is 3.00 bits per heavy atom. The summed E-state index contributed by atoms with van der Waals surface area (Å²) >= 11 is 7.65. The summed E-state index contributed by atoms with van der Waals surface area (Å²) in [5.41, 5.74) is 1.16. The fourth-order valence-corrected chi connectivity index (χ4v) is 3.70. The Morgan fingerprint density at radius 2 is 2.13 bits per heavy atom. The Hall–Kier alpha value is -1.72. The van der Waals surface area contributed by atoms with Crippen molar-refractivity contribution in [1.29, 1.82) is 0 Å². The van der Waals surface area contributed by atoms with Gasteiger partial charge in [0.15, 0.2) is 0 Å². The predicted molar refractivity (Wildman–Crippen MR) is 94.0 cm³/mol. The number of halogens is 2. The van der Waals surface area contributed by atoms with E-state index in [0.717, 1.165) is 24.4 Å². The standard InChI is InChI=1S/C17H16ClFN2OS/c18-12-6-7-13(19)14(10-12)20-17(22)11-21-8-3-9-23-16-5-2-1-4-15(16)21/h1-2,4-7,10H,3,8-9,11H2,(H,20,22). The van der Waals surface area contributed by atoms with Gasteiger partial charge >= 0.3 is 0 Å². The molecule has 0 aliphatic carbocycles. The van der Waals surface area contributed by atoms with Crippen molar-refractivity contribution in [3.8, 4) is 0 Å². The number of hydrogen-bond acceptors (Lipinski definition) is 3. The Labute approximate surface area is 143 Å². The fourth-order valence-electron chi connectivity index (χ4n) is 2.52. The van der Waals surface area contributed by atoms with Gasteiger partial charge in [-0.2, -0.15) is 0 Å². The van der Waals surface area contributed by atoms with Crippen molar-refractivity contribution in [1.82, 2.24) is 0 Å². The van der Waals surface area contributed by atoms with Crippen LogP contribution >= 0.6 is 23.4 Å². The third-order valence-corrected chi connectivity index (χ3v) is 4.96. The molecule has 23 heavy (non-hydrogen) atoms. The van der Waals surface area contributed by atoms with Crippen molar-refractivity contribution in [3.05, 3.63) is 53.3 Å². The summed E-state index contributed by atoms with van der Waals surface area (Å²) in [4.78, 5) is 15.5. The molecule has 1 N–H and O–H groups in total. The number of benzene rings is 2. The lowest BCUT2D eigenvalue weighted by molar-refractivity contribution is -0.115. The lowest BCUT2D eigenvalue weighted by Crippen LogP contribution is -2.34. The summed E-state index contributed by atoms with van der Waals surface area (Å²) in [5, 5.41) is 2.99. The van der Waals surface area contributed by atoms with Crippen LogP contribution in [-0.2, 0) is 4.79 Å². The molecule has 0 saturated heterocycles. The molecule has 0 bridgehead atoms. The smallest absolute Gasteiger partial charge is 0.243 e. The van der Waals surface area contributed by atoms with Gasteiger partial charge in [-0.1, -0.05) is 23.7 Å². The van der Waals surface area contributed by atoms with E-state index in [0.29, 0.717) is 5.02 Å². The van der Waals surface area contributed by atoms with Crippen LogP contribution in [0.5, 0.6) is 0 Å². The van der Waals surface area contributed by atoms with Gasteiger partial charge in [0.2, 0.25) is 5.91 Å². The van der Waals surface area contributed by atoms with Crippen LogP contribution in [0.3, 0.4) is 0 Å². The van der Waals surface area contributed by atoms with E-state index >= 15 is 0 Å². The second-order valence-electron chi connectivity index (χ2n) is 5.26. The first kappa shape index (κ1) is 16.1. The number of nitrogens with one attached hydrogen (secondary N) is 1. The maximum absolute atomic E-state index is 13.7. The topological polar surface area (TPSA) is 32.3 Å². The number of carbonyl (C=O) groups is 1. The molecule has 1 aliphatic heterocycles. The summed E-state index contributed by atoms with van der Waals surface area (Å²) < 4.78 is 13.7. The van der Waals surface area contributed by atoms with Crippen LogP contribution in [0.25, 0.3) is 0 Å². The summed E-state index contributed by atoms with van der Waals surface area (Å²) in [5.74, 6) is 0.278. The highest BCUT2D eigenvalue weighted by Gasteiger charge is 2.18. The molecule has 2 aromatic carbocycles. The van der Waals surface area contributed by atoms with Crippen LogP contribution in [0, 0.1) is 5.82 Å². The zero-order chi connectivity index (χ0) is 16.2. The predicted octanol–water partition coefficient (Wildman–Crippen LogP) is 4.42. The summed E-state index contributed by atoms with van der Waals surface area (Å²) in [6.07, 6.45) is 0.998. The van der Waals surface area contributed by atoms with Gasteiger partial charge in [0.25, 0.3) is 0 Å². The molecule has 2 aromatic rings. The van der Waals surface area contributed by atoms with Crippen LogP contribution in [0.4, 0.5) is 15.8 Å². The number of thioether (sulfide) groups is 1. The molecule has 0 radical (unpaired) electrons. The third kappa shape index (κ3) is 3.98. The van der Waals surface area contributed by atoms with Crippen molar-refractivity contribution in [3.63, 3.8) is 0 Å². The molecule has 0 fully saturated rings. The summed E-state index contributed by atoms with van der Waals surface area (Å²) in [6, 6.07) is 12.2. The largest absolute Gasteiger partial charge is 0.361 e. The minimum absolute atomic E-state index is 0.111. The monoisotopic (exact) mass is 350 g/mol. The first-order valence-electron chi connectivity index (χ1n) is 7.35. The number of fused-ring (bicyclic) bond motifs is 1. The Balaban J connectivity index is 1.74. The number of hydrogen-bond donors (Lipinski definition) is 1. The number of amides is 1. The van der Waals surface area contributed by atoms with Gasteiger partial charge in [0.1, 0.15) is 5.82 Å². The van der Waals surface area contributed by atoms with Crippen molar-refractivity contribution < 1.29 is 9.18 Å². The van der Waals surface area contributed by atoms with Crippen LogP contribution in [-0.4, -0.2) is 24.7 Å². The maximum atomic E-state index is 13.7. The Morgan fingerprint density at radius 1 is 1.30 bits per heavy atom. The molecule has 1 heterocycles. The zero-order valence-electron chi connectivity index (χ0n) is 12.4. The fraction of sp³-hybridized carbons (Fsp3) is 0.235. The number of nitrogens with zero attached hydrogens (tertiary/aromatic N) is 1. The van der Waals surface area contributed by atoms with E-state index < -0.39 is 5.82 Å². The molecule has 0 unspecified atom stereocenters. The van der Waals surface area contributed by atoms with Gasteiger partial charge in [-0.3, -0.25) is 4.79 Å². The maximum Gasteiger partial charge on any atom is 0.243 e. The first-order valence-corrected chi connectivity index (χ1v) is 8.71. The lowest BCUT2D eigenvalue weighted by Gasteiger charge is -2.23. The van der Waals surface area contributed by atoms with E-state index in [1.54, 1.807) is 11.8 Å². The summed E-state index contributed by atoms with van der Waals surface area (Å²) in [6.45, 7) is 0.985. The number of carbonyl (C=O) groups excluding carboxylic acids is 1. The number of rotatable bonds is 3. The highest BCUT2D eigenvalue weighted by atomic mass is 35.5. The molecule has 1 aliphatic rings. The number of para-hydroxylation sites is 1. The van der Waals surface area contributed by atoms with Crippen molar-refractivity contribution >= 4 is 40.6 Å². The van der Waals surface area contributed by atoms with Crippen LogP contribution < -0.4 is 10.2 Å². The average Bonchev–Trinajstić information content (AvgIpc) is 2.74. The van der Waals surface area contributed by atoms with E-state index in [2.05, 4.69) is 11.4 Å². The van der Waals surface area contributed by atoms with Crippen LogP contribution in [0.1, 0.15) is 6.42 Å². The highest BCUT2D eigenvalue weighted by Crippen LogP contribution is 2.33. The van der Waals surface area contributed by atoms with Crippen molar-refractivity contribution in [2.45, 2.75) is 11.3 Å². The van der Waals surface area contributed by atoms with Gasteiger partial charge < -0.3 is 10.2 Å². The quantitative estimate of drug-likeness (QED) is 0.889. The van der Waals surface area contributed by atoms with Gasteiger partial charge in [-0.15, -0.1) is 11.8 Å². The molecule has 0 saturated carbocycles. The van der Waals surface area contributed by atoms with E-state index in [-0.39, 0.29) is 18.1 Å². The Bertz CT molecular complexity index is 725. The molecule has 3 rings (SSSR count). The second kappa shape index (κ2) is 7.23. The normalized spacial score (nSPS) is 14.1. The minimum atomic E-state index is -0.491. The third-order valence-electron chi connectivity index (χ3n) is 3.57. The molecule has 120 valence electrons. The van der Waals surface area contributed by atoms with Gasteiger partial charge in [-0.25, -0.2) is 4.39 Å². The molecule has 0 atom stereocenters. The van der Waals surface area contributed by atoms with Crippen molar-refractivity contribution in [2.75, 3.05) is 29.1 Å². The molecule has 1 amide bonds. The average molecular weight is 351 g/mol. The van der Waals surface area contributed by atoms with Crippen LogP contribution in [0.2, 0.25) is 5.02 Å². The van der Waals surface area contributed by atoms with Crippen molar-refractivity contribution in [2.24, 2.45) is 0 Å². The first-order chi connectivity index (χ1) is 11.1. The van der Waals surface area contributed by atoms with E-state index in [4.69, 9.17) is 11.6 Å². The SMILES string of the molecule is O=C(CN1CCCSc2ccccc21)Nc1cc(Cl)ccc1F. The zero-order valence-corrected chi connectivity index (χ0v) is 14.0. The summed E-state index contributed by atoms with van der Waals surface area (Å²) in [7, 11) is 0. The molecule has 6 heteroatoms. The van der Waals surface area contributed by atoms with E-state index in [1.165, 1.54) is 23.1 Å².